The lowest BCUT2D eigenvalue weighted by atomic mass is 10.0. The molecule has 0 aliphatic carbocycles. The largest absolute Gasteiger partial charge is 0.507 e. The van der Waals surface area contributed by atoms with Crippen LogP contribution < -0.4 is 0 Å². The van der Waals surface area contributed by atoms with Crippen molar-refractivity contribution in [3.8, 4) is 5.75 Å². The van der Waals surface area contributed by atoms with Crippen LogP contribution in [0.4, 0.5) is 0 Å². The molecular weight excluding hydrogens is 252 g/mol. The Hall–Kier alpha value is -2.55. The van der Waals surface area contributed by atoms with Gasteiger partial charge in [0.2, 0.25) is 0 Å². The zero-order chi connectivity index (χ0) is 14.7. The second-order valence-corrected chi connectivity index (χ2v) is 4.78. The fourth-order valence-electron chi connectivity index (χ4n) is 1.86. The second-order valence-electron chi connectivity index (χ2n) is 4.78. The van der Waals surface area contributed by atoms with Crippen LogP contribution in [0.3, 0.4) is 0 Å². The number of allylic oxidation sites excluding steroid dienone is 1. The van der Waals surface area contributed by atoms with E-state index in [1.165, 1.54) is 6.07 Å². The fraction of sp³-hybridized carbons (Fsp3) is 0.118. The van der Waals surface area contributed by atoms with Gasteiger partial charge in [0.25, 0.3) is 0 Å². The van der Waals surface area contributed by atoms with Crippen LogP contribution in [-0.2, 0) is 0 Å². The lowest BCUT2D eigenvalue weighted by Crippen LogP contribution is -1.97. The highest BCUT2D eigenvalue weighted by Crippen LogP contribution is 2.21. The van der Waals surface area contributed by atoms with E-state index in [-0.39, 0.29) is 17.1 Å². The average Bonchev–Trinajstić information content (AvgIpc) is 2.39. The number of aryl methyl sites for hydroxylation is 2. The van der Waals surface area contributed by atoms with Crippen LogP contribution in [0.5, 0.6) is 5.75 Å². The third-order valence-corrected chi connectivity index (χ3v) is 3.03. The van der Waals surface area contributed by atoms with Crippen molar-refractivity contribution in [2.75, 3.05) is 0 Å². The van der Waals surface area contributed by atoms with Crippen molar-refractivity contribution < 1.29 is 15.0 Å². The highest BCUT2D eigenvalue weighted by atomic mass is 16.3. The van der Waals surface area contributed by atoms with Crippen molar-refractivity contribution in [1.82, 2.24) is 0 Å². The molecule has 2 N–H and O–H groups in total. The lowest BCUT2D eigenvalue weighted by Gasteiger charge is -2.04. The Bertz CT molecular complexity index is 667. The minimum atomic E-state index is -0.430. The van der Waals surface area contributed by atoms with Crippen molar-refractivity contribution in [2.24, 2.45) is 0 Å². The first kappa shape index (κ1) is 13.9. The molecule has 2 rings (SSSR count). The van der Waals surface area contributed by atoms with Gasteiger partial charge in [0.1, 0.15) is 11.5 Å². The van der Waals surface area contributed by atoms with E-state index in [1.54, 1.807) is 24.3 Å². The predicted octanol–water partition coefficient (Wildman–Crippen LogP) is 3.79. The smallest absolute Gasteiger partial charge is 0.193 e. The van der Waals surface area contributed by atoms with E-state index >= 15 is 0 Å². The van der Waals surface area contributed by atoms with Gasteiger partial charge in [-0.2, -0.15) is 0 Å². The molecular formula is C17H16O3. The van der Waals surface area contributed by atoms with Crippen molar-refractivity contribution in [2.45, 2.75) is 13.8 Å². The molecule has 0 amide bonds. The van der Waals surface area contributed by atoms with E-state index < -0.39 is 5.78 Å². The van der Waals surface area contributed by atoms with Crippen LogP contribution >= 0.6 is 0 Å². The summed E-state index contributed by atoms with van der Waals surface area (Å²) < 4.78 is 0. The minimum absolute atomic E-state index is 0.0806. The maximum atomic E-state index is 12.0. The van der Waals surface area contributed by atoms with Gasteiger partial charge in [-0.25, -0.2) is 0 Å². The molecule has 0 fully saturated rings. The third kappa shape index (κ3) is 3.06. The predicted molar refractivity (Wildman–Crippen MR) is 79.0 cm³/mol. The Morgan fingerprint density at radius 3 is 2.20 bits per heavy atom. The maximum absolute atomic E-state index is 12.0. The molecule has 0 unspecified atom stereocenters. The number of aromatic hydroxyl groups is 1. The zero-order valence-electron chi connectivity index (χ0n) is 11.4. The molecule has 102 valence electrons. The molecule has 3 heteroatoms. The first-order valence-electron chi connectivity index (χ1n) is 6.29. The fourth-order valence-corrected chi connectivity index (χ4v) is 1.86. The number of hydrogen-bond donors (Lipinski definition) is 2. The van der Waals surface area contributed by atoms with Gasteiger partial charge in [0, 0.05) is 11.6 Å². The van der Waals surface area contributed by atoms with Gasteiger partial charge in [0.15, 0.2) is 5.78 Å². The maximum Gasteiger partial charge on any atom is 0.193 e. The van der Waals surface area contributed by atoms with Gasteiger partial charge in [-0.15, -0.1) is 0 Å². The number of rotatable bonds is 3. The molecule has 0 radical (unpaired) electrons. The van der Waals surface area contributed by atoms with Gasteiger partial charge in [-0.05, 0) is 31.5 Å². The molecule has 0 bridgehead atoms. The van der Waals surface area contributed by atoms with E-state index in [9.17, 15) is 15.0 Å². The van der Waals surface area contributed by atoms with Crippen LogP contribution in [0, 0.1) is 13.8 Å². The summed E-state index contributed by atoms with van der Waals surface area (Å²) >= 11 is 0. The highest BCUT2D eigenvalue weighted by Gasteiger charge is 2.10. The SMILES string of the molecule is Cc1ccc(/C(O)=C/C(=O)c2ccc(C)cc2O)cc1. The van der Waals surface area contributed by atoms with Crippen molar-refractivity contribution in [3.05, 3.63) is 70.8 Å². The Kier molecular flexibility index (Phi) is 3.89. The van der Waals surface area contributed by atoms with E-state index in [0.717, 1.165) is 17.2 Å². The van der Waals surface area contributed by atoms with Gasteiger partial charge < -0.3 is 10.2 Å². The van der Waals surface area contributed by atoms with Gasteiger partial charge in [0.05, 0.1) is 5.56 Å². The van der Waals surface area contributed by atoms with Crippen LogP contribution in [0.15, 0.2) is 48.5 Å². The summed E-state index contributed by atoms with van der Waals surface area (Å²) in [5.41, 5.74) is 2.68. The van der Waals surface area contributed by atoms with Crippen molar-refractivity contribution >= 4 is 11.5 Å². The Balaban J connectivity index is 2.29. The summed E-state index contributed by atoms with van der Waals surface area (Å²) in [5, 5.41) is 19.7. The number of carbonyl (C=O) groups excluding carboxylic acids is 1. The molecule has 0 spiro atoms. The summed E-state index contributed by atoms with van der Waals surface area (Å²) in [6, 6.07) is 12.0. The van der Waals surface area contributed by atoms with Crippen molar-refractivity contribution in [3.63, 3.8) is 0 Å². The topological polar surface area (TPSA) is 57.5 Å². The molecule has 0 saturated heterocycles. The molecule has 3 nitrogen and oxygen atoms in total. The summed E-state index contributed by atoms with van der Waals surface area (Å²) in [6.45, 7) is 3.77. The third-order valence-electron chi connectivity index (χ3n) is 3.03. The number of aliphatic hydroxyl groups excluding tert-OH is 1. The molecule has 0 atom stereocenters. The molecule has 2 aromatic rings. The number of ketones is 1. The quantitative estimate of drug-likeness (QED) is 0.506. The van der Waals surface area contributed by atoms with E-state index in [0.29, 0.717) is 5.56 Å². The number of hydrogen-bond acceptors (Lipinski definition) is 3. The van der Waals surface area contributed by atoms with Crippen LogP contribution in [0.2, 0.25) is 0 Å². The highest BCUT2D eigenvalue weighted by molar-refractivity contribution is 6.09. The van der Waals surface area contributed by atoms with Crippen LogP contribution in [0.1, 0.15) is 27.0 Å². The first-order chi connectivity index (χ1) is 9.47. The second kappa shape index (κ2) is 5.61. The Morgan fingerprint density at radius 1 is 1.00 bits per heavy atom. The summed E-state index contributed by atoms with van der Waals surface area (Å²) in [7, 11) is 0. The molecule has 0 saturated carbocycles. The lowest BCUT2D eigenvalue weighted by molar-refractivity contribution is 0.104. The molecule has 0 aromatic heterocycles. The molecule has 20 heavy (non-hydrogen) atoms. The molecule has 0 heterocycles. The molecule has 2 aromatic carbocycles. The van der Waals surface area contributed by atoms with Gasteiger partial charge >= 0.3 is 0 Å². The summed E-state index contributed by atoms with van der Waals surface area (Å²) in [6.07, 6.45) is 1.12. The average molecular weight is 268 g/mol. The molecule has 0 aliphatic rings. The normalized spacial score (nSPS) is 11.4. The van der Waals surface area contributed by atoms with Gasteiger partial charge in [-0.3, -0.25) is 4.79 Å². The minimum Gasteiger partial charge on any atom is -0.507 e. The van der Waals surface area contributed by atoms with E-state index in [2.05, 4.69) is 0 Å². The monoisotopic (exact) mass is 268 g/mol. The summed E-state index contributed by atoms with van der Waals surface area (Å²) in [4.78, 5) is 12.0. The molecule has 0 aliphatic heterocycles. The zero-order valence-corrected chi connectivity index (χ0v) is 11.4. The Morgan fingerprint density at radius 2 is 1.60 bits per heavy atom. The first-order valence-corrected chi connectivity index (χ1v) is 6.29. The standard InChI is InChI=1S/C17H16O3/c1-11-3-6-13(7-4-11)15(18)10-17(20)14-8-5-12(2)9-16(14)19/h3-10,18-19H,1-2H3/b15-10-. The number of benzene rings is 2. The number of aliphatic hydroxyl groups is 1. The number of phenolic OH excluding ortho intramolecular Hbond substituents is 1. The van der Waals surface area contributed by atoms with E-state index in [4.69, 9.17) is 0 Å². The van der Waals surface area contributed by atoms with Crippen molar-refractivity contribution in [1.29, 1.82) is 0 Å². The number of carbonyl (C=O) groups is 1. The van der Waals surface area contributed by atoms with Gasteiger partial charge in [-0.1, -0.05) is 35.9 Å². The summed E-state index contributed by atoms with van der Waals surface area (Å²) in [5.74, 6) is -0.626. The van der Waals surface area contributed by atoms with E-state index in [1.807, 2.05) is 26.0 Å². The van der Waals surface area contributed by atoms with Crippen LogP contribution in [-0.4, -0.2) is 16.0 Å². The Labute approximate surface area is 117 Å². The van der Waals surface area contributed by atoms with Crippen LogP contribution in [0.25, 0.3) is 5.76 Å². The number of phenols is 1.